The molecule has 21 heavy (non-hydrogen) atoms. The zero-order valence-corrected chi connectivity index (χ0v) is 12.5. The molecule has 0 fully saturated rings. The number of primary sulfonamides is 1. The molecule has 0 saturated heterocycles. The fourth-order valence-corrected chi connectivity index (χ4v) is 2.25. The minimum absolute atomic E-state index is 0.0680. The highest BCUT2D eigenvalue weighted by Crippen LogP contribution is 2.19. The lowest BCUT2D eigenvalue weighted by molar-refractivity contribution is 0.0489. The Kier molecular flexibility index (Phi) is 5.79. The van der Waals surface area contributed by atoms with Gasteiger partial charge < -0.3 is 4.74 Å². The molecule has 0 saturated carbocycles. The van der Waals surface area contributed by atoms with Gasteiger partial charge in [-0.25, -0.2) is 27.1 Å². The number of hydrogen-bond donors (Lipinski definition) is 1. The third kappa shape index (κ3) is 5.05. The number of carbonyl (C=O) groups is 1. The Morgan fingerprint density at radius 1 is 1.29 bits per heavy atom. The molecular formula is C13H17F2NO4S. The van der Waals surface area contributed by atoms with Gasteiger partial charge in [-0.3, -0.25) is 0 Å². The second kappa shape index (κ2) is 6.95. The molecule has 0 radical (unpaired) electrons. The van der Waals surface area contributed by atoms with Crippen molar-refractivity contribution in [1.82, 2.24) is 0 Å². The van der Waals surface area contributed by atoms with Crippen molar-refractivity contribution in [3.05, 3.63) is 29.3 Å². The number of halogens is 2. The summed E-state index contributed by atoms with van der Waals surface area (Å²) in [5, 5.41) is 4.79. The number of ether oxygens (including phenoxy) is 1. The third-order valence-corrected chi connectivity index (χ3v) is 3.63. The number of benzene rings is 1. The highest BCUT2D eigenvalue weighted by Gasteiger charge is 2.22. The van der Waals surface area contributed by atoms with Crippen molar-refractivity contribution in [2.45, 2.75) is 31.6 Å². The molecule has 2 N–H and O–H groups in total. The Balaban J connectivity index is 2.90. The fourth-order valence-electron chi connectivity index (χ4n) is 1.64. The van der Waals surface area contributed by atoms with Crippen LogP contribution in [0.4, 0.5) is 8.78 Å². The van der Waals surface area contributed by atoms with Crippen LogP contribution in [0.25, 0.3) is 0 Å². The Labute approximate surface area is 122 Å². The molecule has 0 amide bonds. The van der Waals surface area contributed by atoms with Crippen LogP contribution in [0.3, 0.4) is 0 Å². The smallest absolute Gasteiger partial charge is 0.341 e. The average Bonchev–Trinajstić information content (AvgIpc) is 2.32. The minimum Gasteiger partial charge on any atom is -0.462 e. The van der Waals surface area contributed by atoms with Crippen molar-refractivity contribution in [3.63, 3.8) is 0 Å². The van der Waals surface area contributed by atoms with Gasteiger partial charge in [0.25, 0.3) is 0 Å². The summed E-state index contributed by atoms with van der Waals surface area (Å²) in [4.78, 5) is 10.7. The van der Waals surface area contributed by atoms with Crippen LogP contribution < -0.4 is 5.14 Å². The lowest BCUT2D eigenvalue weighted by Crippen LogP contribution is -2.17. The van der Waals surface area contributed by atoms with Crippen LogP contribution in [-0.2, 0) is 14.8 Å². The maximum absolute atomic E-state index is 13.5. The van der Waals surface area contributed by atoms with E-state index in [1.807, 2.05) is 13.8 Å². The summed E-state index contributed by atoms with van der Waals surface area (Å²) in [5.41, 5.74) is -0.662. The van der Waals surface area contributed by atoms with Gasteiger partial charge in [0.05, 0.1) is 12.2 Å². The van der Waals surface area contributed by atoms with E-state index in [4.69, 9.17) is 9.88 Å². The molecule has 0 aromatic heterocycles. The van der Waals surface area contributed by atoms with Gasteiger partial charge in [-0.2, -0.15) is 0 Å². The van der Waals surface area contributed by atoms with Crippen molar-refractivity contribution in [1.29, 1.82) is 0 Å². The predicted molar refractivity (Wildman–Crippen MR) is 72.1 cm³/mol. The fraction of sp³-hybridized carbons (Fsp3) is 0.462. The largest absolute Gasteiger partial charge is 0.462 e. The molecule has 8 heteroatoms. The molecule has 1 rings (SSSR count). The monoisotopic (exact) mass is 321 g/mol. The van der Waals surface area contributed by atoms with Gasteiger partial charge in [-0.15, -0.1) is 0 Å². The summed E-state index contributed by atoms with van der Waals surface area (Å²) in [6.07, 6.45) is 1.41. The van der Waals surface area contributed by atoms with E-state index in [0.717, 1.165) is 6.42 Å². The molecular weight excluding hydrogens is 304 g/mol. The van der Waals surface area contributed by atoms with E-state index in [1.165, 1.54) is 0 Å². The zero-order valence-electron chi connectivity index (χ0n) is 11.7. The molecule has 0 aliphatic carbocycles. The first kappa shape index (κ1) is 17.5. The molecule has 1 aromatic carbocycles. The highest BCUT2D eigenvalue weighted by molar-refractivity contribution is 7.89. The molecule has 0 aliphatic heterocycles. The summed E-state index contributed by atoms with van der Waals surface area (Å²) in [5.74, 6) is -3.18. The molecule has 0 unspecified atom stereocenters. The van der Waals surface area contributed by atoms with Crippen LogP contribution in [-0.4, -0.2) is 21.0 Å². The van der Waals surface area contributed by atoms with Crippen LogP contribution in [0.1, 0.15) is 37.0 Å². The number of hydrogen-bond acceptors (Lipinski definition) is 4. The van der Waals surface area contributed by atoms with Gasteiger partial charge in [0.2, 0.25) is 10.0 Å². The molecule has 0 aliphatic rings. The number of carbonyl (C=O) groups excluding carboxylic acids is 1. The quantitative estimate of drug-likeness (QED) is 0.643. The summed E-state index contributed by atoms with van der Waals surface area (Å²) in [6.45, 7) is 4.07. The van der Waals surface area contributed by atoms with Gasteiger partial charge in [0, 0.05) is 6.07 Å². The van der Waals surface area contributed by atoms with Gasteiger partial charge in [0.15, 0.2) is 0 Å². The van der Waals surface area contributed by atoms with Crippen molar-refractivity contribution < 1.29 is 26.7 Å². The van der Waals surface area contributed by atoms with E-state index in [2.05, 4.69) is 0 Å². The van der Waals surface area contributed by atoms with E-state index in [9.17, 15) is 22.0 Å². The second-order valence-electron chi connectivity index (χ2n) is 4.98. The molecule has 1 aromatic rings. The first-order valence-corrected chi connectivity index (χ1v) is 7.86. The summed E-state index contributed by atoms with van der Waals surface area (Å²) in [6, 6.07) is 0.842. The van der Waals surface area contributed by atoms with E-state index in [-0.39, 0.29) is 6.61 Å². The lowest BCUT2D eigenvalue weighted by atomic mass is 10.1. The first-order chi connectivity index (χ1) is 9.62. The van der Waals surface area contributed by atoms with Crippen molar-refractivity contribution in [2.24, 2.45) is 11.1 Å². The second-order valence-corrected chi connectivity index (χ2v) is 6.51. The number of esters is 1. The normalized spacial score (nSPS) is 11.7. The summed E-state index contributed by atoms with van der Waals surface area (Å²) in [7, 11) is -4.39. The summed E-state index contributed by atoms with van der Waals surface area (Å²) >= 11 is 0. The Morgan fingerprint density at radius 3 is 2.43 bits per heavy atom. The van der Waals surface area contributed by atoms with E-state index in [1.54, 1.807) is 0 Å². The first-order valence-electron chi connectivity index (χ1n) is 6.32. The van der Waals surface area contributed by atoms with E-state index >= 15 is 0 Å². The topological polar surface area (TPSA) is 86.5 Å². The van der Waals surface area contributed by atoms with Gasteiger partial charge in [-0.05, 0) is 24.8 Å². The predicted octanol–water partition coefficient (Wildman–Crippen LogP) is 2.21. The standard InChI is InChI=1S/C13H17F2NO4S/c1-8(2)4-3-5-20-13(17)9-6-12(21(16,18)19)11(15)7-10(9)14/h6-8H,3-5H2,1-2H3,(H2,16,18,19). The SMILES string of the molecule is CC(C)CCCOC(=O)c1cc(S(N)(=O)=O)c(F)cc1F. The number of sulfonamides is 1. The van der Waals surface area contributed by atoms with Crippen molar-refractivity contribution >= 4 is 16.0 Å². The van der Waals surface area contributed by atoms with Crippen LogP contribution in [0, 0.1) is 17.6 Å². The molecule has 0 spiro atoms. The van der Waals surface area contributed by atoms with Crippen molar-refractivity contribution in [3.8, 4) is 0 Å². The molecule has 0 heterocycles. The average molecular weight is 321 g/mol. The van der Waals surface area contributed by atoms with Gasteiger partial charge in [-0.1, -0.05) is 13.8 Å². The lowest BCUT2D eigenvalue weighted by Gasteiger charge is -2.08. The Hall–Kier alpha value is -1.54. The van der Waals surface area contributed by atoms with E-state index < -0.39 is 38.1 Å². The molecule has 0 atom stereocenters. The van der Waals surface area contributed by atoms with Crippen LogP contribution in [0.2, 0.25) is 0 Å². The van der Waals surface area contributed by atoms with Crippen LogP contribution in [0.15, 0.2) is 17.0 Å². The Bertz CT molecular complexity index is 629. The zero-order chi connectivity index (χ0) is 16.2. The van der Waals surface area contributed by atoms with E-state index in [0.29, 0.717) is 24.5 Å². The third-order valence-electron chi connectivity index (χ3n) is 2.71. The maximum atomic E-state index is 13.5. The molecule has 118 valence electrons. The molecule has 0 bridgehead atoms. The molecule has 5 nitrogen and oxygen atoms in total. The number of rotatable bonds is 6. The minimum atomic E-state index is -4.39. The summed E-state index contributed by atoms with van der Waals surface area (Å²) < 4.78 is 54.0. The van der Waals surface area contributed by atoms with Crippen molar-refractivity contribution in [2.75, 3.05) is 6.61 Å². The van der Waals surface area contributed by atoms with Gasteiger partial charge >= 0.3 is 5.97 Å². The van der Waals surface area contributed by atoms with Gasteiger partial charge in [0.1, 0.15) is 16.5 Å². The van der Waals surface area contributed by atoms with Crippen LogP contribution in [0.5, 0.6) is 0 Å². The number of nitrogens with two attached hydrogens (primary N) is 1. The highest BCUT2D eigenvalue weighted by atomic mass is 32.2. The van der Waals surface area contributed by atoms with Crippen LogP contribution >= 0.6 is 0 Å². The Morgan fingerprint density at radius 2 is 1.90 bits per heavy atom. The maximum Gasteiger partial charge on any atom is 0.341 e.